The molecule has 0 spiro atoms. The minimum absolute atomic E-state index is 0.0915. The Bertz CT molecular complexity index is 1130. The van der Waals surface area contributed by atoms with Crippen molar-refractivity contribution in [2.45, 2.75) is 45.4 Å². The van der Waals surface area contributed by atoms with E-state index in [-0.39, 0.29) is 17.7 Å². The third-order valence-corrected chi connectivity index (χ3v) is 6.14. The van der Waals surface area contributed by atoms with E-state index in [9.17, 15) is 0 Å². The molecule has 1 N–H and O–H groups in total. The van der Waals surface area contributed by atoms with Gasteiger partial charge in [-0.3, -0.25) is 0 Å². The lowest BCUT2D eigenvalue weighted by atomic mass is 9.86. The van der Waals surface area contributed by atoms with Crippen molar-refractivity contribution < 1.29 is 9.47 Å². The highest BCUT2D eigenvalue weighted by molar-refractivity contribution is 5.68. The quantitative estimate of drug-likeness (QED) is 0.525. The highest BCUT2D eigenvalue weighted by atomic mass is 16.5. The molecule has 2 aliphatic heterocycles. The van der Waals surface area contributed by atoms with E-state index in [0.29, 0.717) is 6.61 Å². The summed E-state index contributed by atoms with van der Waals surface area (Å²) in [7, 11) is 0. The molecule has 32 heavy (non-hydrogen) atoms. The minimum Gasteiger partial charge on any atom is -0.494 e. The molecule has 0 bridgehead atoms. The molecule has 3 aromatic rings. The van der Waals surface area contributed by atoms with Crippen LogP contribution in [-0.4, -0.2) is 11.6 Å². The van der Waals surface area contributed by atoms with Gasteiger partial charge in [0.1, 0.15) is 11.5 Å². The minimum atomic E-state index is -0.222. The number of benzene rings is 3. The van der Waals surface area contributed by atoms with E-state index >= 15 is 0 Å². The second-order valence-corrected chi connectivity index (χ2v) is 9.38. The van der Waals surface area contributed by atoms with Crippen LogP contribution in [0, 0.1) is 0 Å². The Kier molecular flexibility index (Phi) is 5.18. The second-order valence-electron chi connectivity index (χ2n) is 9.38. The number of hydrogen-bond acceptors (Lipinski definition) is 4. The summed E-state index contributed by atoms with van der Waals surface area (Å²) >= 11 is 0. The molecular formula is C28H30N2O2. The van der Waals surface area contributed by atoms with E-state index < -0.39 is 0 Å². The van der Waals surface area contributed by atoms with Crippen LogP contribution in [0.25, 0.3) is 5.70 Å². The zero-order valence-corrected chi connectivity index (χ0v) is 19.1. The summed E-state index contributed by atoms with van der Waals surface area (Å²) < 4.78 is 12.1. The number of para-hydroxylation sites is 1. The first kappa shape index (κ1) is 20.7. The van der Waals surface area contributed by atoms with Crippen molar-refractivity contribution in [1.82, 2.24) is 10.4 Å². The van der Waals surface area contributed by atoms with Crippen LogP contribution in [0.2, 0.25) is 0 Å². The van der Waals surface area contributed by atoms with E-state index in [1.165, 1.54) is 11.1 Å². The van der Waals surface area contributed by atoms with Crippen LogP contribution in [0.5, 0.6) is 11.5 Å². The lowest BCUT2D eigenvalue weighted by molar-refractivity contribution is -0.0326. The fourth-order valence-electron chi connectivity index (χ4n) is 4.37. The zero-order valence-electron chi connectivity index (χ0n) is 19.1. The Labute approximate surface area is 190 Å². The van der Waals surface area contributed by atoms with E-state index in [2.05, 4.69) is 91.9 Å². The summed E-state index contributed by atoms with van der Waals surface area (Å²) in [4.78, 5) is 0. The Balaban J connectivity index is 1.49. The van der Waals surface area contributed by atoms with Gasteiger partial charge in [-0.15, -0.1) is 0 Å². The predicted molar refractivity (Wildman–Crippen MR) is 128 cm³/mol. The average Bonchev–Trinajstić information content (AvgIpc) is 3.25. The Morgan fingerprint density at radius 2 is 1.66 bits per heavy atom. The van der Waals surface area contributed by atoms with Gasteiger partial charge in [0.25, 0.3) is 0 Å². The van der Waals surface area contributed by atoms with E-state index in [1.54, 1.807) is 0 Å². The number of ether oxygens (including phenoxy) is 2. The SMILES string of the molecule is CCOc1ccc(C2=C[C@H]3c4ccccc4O[C@H](c4ccc(C(C)(C)C)cc4)N3N2)cc1. The first-order chi connectivity index (χ1) is 15.4. The fourth-order valence-corrected chi connectivity index (χ4v) is 4.37. The number of hydrazine groups is 1. The first-order valence-corrected chi connectivity index (χ1v) is 11.3. The van der Waals surface area contributed by atoms with Crippen molar-refractivity contribution in [3.05, 3.63) is 101 Å². The summed E-state index contributed by atoms with van der Waals surface area (Å²) in [6, 6.07) is 25.4. The van der Waals surface area contributed by atoms with Gasteiger partial charge in [-0.2, -0.15) is 5.01 Å². The van der Waals surface area contributed by atoms with Crippen LogP contribution < -0.4 is 14.9 Å². The summed E-state index contributed by atoms with van der Waals surface area (Å²) in [6.45, 7) is 9.37. The molecule has 0 fully saturated rings. The monoisotopic (exact) mass is 426 g/mol. The topological polar surface area (TPSA) is 33.7 Å². The van der Waals surface area contributed by atoms with Crippen molar-refractivity contribution in [3.8, 4) is 11.5 Å². The molecule has 0 saturated heterocycles. The van der Waals surface area contributed by atoms with Gasteiger partial charge in [0, 0.05) is 11.1 Å². The smallest absolute Gasteiger partial charge is 0.195 e. The van der Waals surface area contributed by atoms with Crippen LogP contribution in [0.4, 0.5) is 0 Å². The Morgan fingerprint density at radius 3 is 2.34 bits per heavy atom. The molecule has 2 aliphatic rings. The van der Waals surface area contributed by atoms with Gasteiger partial charge in [-0.1, -0.05) is 63.2 Å². The van der Waals surface area contributed by atoms with Gasteiger partial charge in [0.15, 0.2) is 6.23 Å². The molecule has 164 valence electrons. The molecule has 0 amide bonds. The molecule has 2 atom stereocenters. The van der Waals surface area contributed by atoms with Crippen LogP contribution in [-0.2, 0) is 5.41 Å². The molecule has 0 radical (unpaired) electrons. The summed E-state index contributed by atoms with van der Waals surface area (Å²) in [5, 5.41) is 2.21. The van der Waals surface area contributed by atoms with Crippen molar-refractivity contribution in [2.75, 3.05) is 6.61 Å². The lowest BCUT2D eigenvalue weighted by Crippen LogP contribution is -2.43. The predicted octanol–water partition coefficient (Wildman–Crippen LogP) is 6.38. The Morgan fingerprint density at radius 1 is 0.938 bits per heavy atom. The van der Waals surface area contributed by atoms with Crippen molar-refractivity contribution >= 4 is 5.70 Å². The Hall–Kier alpha value is -3.24. The average molecular weight is 427 g/mol. The summed E-state index contributed by atoms with van der Waals surface area (Å²) in [5.74, 6) is 1.82. The van der Waals surface area contributed by atoms with Crippen LogP contribution >= 0.6 is 0 Å². The maximum atomic E-state index is 6.50. The lowest BCUT2D eigenvalue weighted by Gasteiger charge is -2.39. The summed E-state index contributed by atoms with van der Waals surface area (Å²) in [5.41, 5.74) is 9.57. The van der Waals surface area contributed by atoms with E-state index in [1.807, 2.05) is 25.1 Å². The van der Waals surface area contributed by atoms with Gasteiger partial charge in [0.2, 0.25) is 0 Å². The van der Waals surface area contributed by atoms with Crippen LogP contribution in [0.15, 0.2) is 78.9 Å². The number of hydrogen-bond donors (Lipinski definition) is 1. The van der Waals surface area contributed by atoms with Crippen molar-refractivity contribution in [3.63, 3.8) is 0 Å². The molecule has 2 heterocycles. The van der Waals surface area contributed by atoms with Gasteiger partial charge >= 0.3 is 0 Å². The normalized spacial score (nSPS) is 19.9. The summed E-state index contributed by atoms with van der Waals surface area (Å²) in [6.07, 6.45) is 2.06. The molecule has 0 aromatic heterocycles. The maximum Gasteiger partial charge on any atom is 0.195 e. The van der Waals surface area contributed by atoms with Crippen molar-refractivity contribution in [2.24, 2.45) is 0 Å². The third-order valence-electron chi connectivity index (χ3n) is 6.14. The van der Waals surface area contributed by atoms with Crippen molar-refractivity contribution in [1.29, 1.82) is 0 Å². The standard InChI is InChI=1S/C28H30N2O2/c1-5-31-22-16-12-19(13-17-22)24-18-25-23-8-6-7-9-26(23)32-27(30(25)29-24)20-10-14-21(15-11-20)28(2,3)4/h6-18,25,27,29H,5H2,1-4H3/t25-,27+/m0/s1. The largest absolute Gasteiger partial charge is 0.494 e. The number of fused-ring (bicyclic) bond motifs is 3. The van der Waals surface area contributed by atoms with Gasteiger partial charge in [-0.25, -0.2) is 0 Å². The van der Waals surface area contributed by atoms with Crippen LogP contribution in [0.1, 0.15) is 62.2 Å². The van der Waals surface area contributed by atoms with Gasteiger partial charge in [0.05, 0.1) is 18.3 Å². The molecular weight excluding hydrogens is 396 g/mol. The molecule has 3 aromatic carbocycles. The highest BCUT2D eigenvalue weighted by Gasteiger charge is 2.40. The molecule has 4 heteroatoms. The van der Waals surface area contributed by atoms with E-state index in [0.717, 1.165) is 28.3 Å². The second kappa shape index (κ2) is 8.03. The molecule has 0 saturated carbocycles. The molecule has 5 rings (SSSR count). The third kappa shape index (κ3) is 3.76. The molecule has 0 unspecified atom stereocenters. The maximum absolute atomic E-state index is 6.50. The van der Waals surface area contributed by atoms with E-state index in [4.69, 9.17) is 9.47 Å². The molecule has 0 aliphatic carbocycles. The van der Waals surface area contributed by atoms with Gasteiger partial charge < -0.3 is 14.9 Å². The zero-order chi connectivity index (χ0) is 22.3. The number of rotatable bonds is 4. The highest BCUT2D eigenvalue weighted by Crippen LogP contribution is 2.46. The fraction of sp³-hybridized carbons (Fsp3) is 0.286. The number of nitrogens with zero attached hydrogens (tertiary/aromatic N) is 1. The van der Waals surface area contributed by atoms with Crippen LogP contribution in [0.3, 0.4) is 0 Å². The van der Waals surface area contributed by atoms with Gasteiger partial charge in [-0.05, 0) is 59.9 Å². The number of nitrogens with one attached hydrogen (secondary N) is 1. The first-order valence-electron chi connectivity index (χ1n) is 11.3. The molecule has 4 nitrogen and oxygen atoms in total.